The maximum atomic E-state index is 6.02. The maximum Gasteiger partial charge on any atom is 0.0517 e. The van der Waals surface area contributed by atoms with Crippen LogP contribution in [0.4, 0.5) is 5.69 Å². The normalized spacial score (nSPS) is 10.6. The Morgan fingerprint density at radius 3 is 2.47 bits per heavy atom. The molecule has 1 nitrogen and oxygen atoms in total. The first-order valence-electron chi connectivity index (χ1n) is 5.92. The van der Waals surface area contributed by atoms with Gasteiger partial charge in [0.05, 0.1) is 5.69 Å². The minimum Gasteiger partial charge on any atom is -0.380 e. The standard InChI is InChI=1S/C15H14Br2ClN/c1-9-5-10(2)15(14(17)6-9)19-8-11-7-12(18)3-4-13(11)16/h3-7,19H,8H2,1-2H3. The quantitative estimate of drug-likeness (QED) is 0.653. The molecular weight excluding hydrogens is 389 g/mol. The molecule has 19 heavy (non-hydrogen) atoms. The van der Waals surface area contributed by atoms with Gasteiger partial charge in [-0.05, 0) is 70.7 Å². The monoisotopic (exact) mass is 401 g/mol. The van der Waals surface area contributed by atoms with Crippen molar-refractivity contribution in [1.29, 1.82) is 0 Å². The second kappa shape index (κ2) is 6.29. The smallest absolute Gasteiger partial charge is 0.0517 e. The van der Waals surface area contributed by atoms with Gasteiger partial charge in [0.25, 0.3) is 0 Å². The molecule has 0 saturated carbocycles. The molecule has 100 valence electrons. The van der Waals surface area contributed by atoms with Gasteiger partial charge in [-0.25, -0.2) is 0 Å². The molecule has 0 fully saturated rings. The Morgan fingerprint density at radius 1 is 1.05 bits per heavy atom. The van der Waals surface area contributed by atoms with Crippen LogP contribution in [0.1, 0.15) is 16.7 Å². The van der Waals surface area contributed by atoms with Crippen LogP contribution in [0.3, 0.4) is 0 Å². The molecular formula is C15H14Br2ClN. The number of hydrogen-bond acceptors (Lipinski definition) is 1. The average Bonchev–Trinajstić information content (AvgIpc) is 2.32. The minimum absolute atomic E-state index is 0.726. The SMILES string of the molecule is Cc1cc(C)c(NCc2cc(Cl)ccc2Br)c(Br)c1. The van der Waals surface area contributed by atoms with Gasteiger partial charge in [-0.3, -0.25) is 0 Å². The summed E-state index contributed by atoms with van der Waals surface area (Å²) in [5.41, 5.74) is 4.74. The van der Waals surface area contributed by atoms with E-state index in [0.717, 1.165) is 31.8 Å². The van der Waals surface area contributed by atoms with Gasteiger partial charge in [-0.15, -0.1) is 0 Å². The topological polar surface area (TPSA) is 12.0 Å². The highest BCUT2D eigenvalue weighted by molar-refractivity contribution is 9.11. The molecule has 0 atom stereocenters. The van der Waals surface area contributed by atoms with E-state index in [9.17, 15) is 0 Å². The number of anilines is 1. The predicted molar refractivity (Wildman–Crippen MR) is 90.1 cm³/mol. The lowest BCUT2D eigenvalue weighted by Crippen LogP contribution is -2.03. The van der Waals surface area contributed by atoms with E-state index in [1.54, 1.807) is 0 Å². The molecule has 0 aliphatic rings. The number of nitrogens with one attached hydrogen (secondary N) is 1. The van der Waals surface area contributed by atoms with Crippen molar-refractivity contribution in [1.82, 2.24) is 0 Å². The molecule has 4 heteroatoms. The molecule has 0 aromatic heterocycles. The number of benzene rings is 2. The van der Waals surface area contributed by atoms with Gasteiger partial charge in [0, 0.05) is 20.5 Å². The van der Waals surface area contributed by atoms with E-state index >= 15 is 0 Å². The fourth-order valence-electron chi connectivity index (χ4n) is 2.00. The van der Waals surface area contributed by atoms with E-state index in [4.69, 9.17) is 11.6 Å². The Morgan fingerprint density at radius 2 is 1.79 bits per heavy atom. The van der Waals surface area contributed by atoms with Crippen molar-refractivity contribution in [3.63, 3.8) is 0 Å². The van der Waals surface area contributed by atoms with E-state index in [2.05, 4.69) is 63.2 Å². The molecule has 2 rings (SSSR count). The first-order chi connectivity index (χ1) is 8.97. The lowest BCUT2D eigenvalue weighted by molar-refractivity contribution is 1.12. The van der Waals surface area contributed by atoms with Crippen LogP contribution < -0.4 is 5.32 Å². The van der Waals surface area contributed by atoms with Gasteiger partial charge in [0.15, 0.2) is 0 Å². The van der Waals surface area contributed by atoms with Gasteiger partial charge >= 0.3 is 0 Å². The molecule has 0 saturated heterocycles. The van der Waals surface area contributed by atoms with Gasteiger partial charge in [0.1, 0.15) is 0 Å². The van der Waals surface area contributed by atoms with Crippen LogP contribution in [-0.2, 0) is 6.54 Å². The van der Waals surface area contributed by atoms with Crippen LogP contribution in [-0.4, -0.2) is 0 Å². The Bertz CT molecular complexity index is 588. The van der Waals surface area contributed by atoms with Crippen molar-refractivity contribution in [2.24, 2.45) is 0 Å². The van der Waals surface area contributed by atoms with Crippen LogP contribution in [0.2, 0.25) is 5.02 Å². The molecule has 0 aliphatic carbocycles. The summed E-state index contributed by atoms with van der Waals surface area (Å²) >= 11 is 13.2. The third-order valence-corrected chi connectivity index (χ3v) is 4.53. The Kier molecular flexibility index (Phi) is 4.93. The second-order valence-electron chi connectivity index (χ2n) is 4.53. The first-order valence-corrected chi connectivity index (χ1v) is 7.88. The van der Waals surface area contributed by atoms with Gasteiger partial charge in [-0.1, -0.05) is 33.6 Å². The Labute approximate surface area is 135 Å². The molecule has 0 spiro atoms. The lowest BCUT2D eigenvalue weighted by Gasteiger charge is -2.14. The van der Waals surface area contributed by atoms with Crippen molar-refractivity contribution in [2.45, 2.75) is 20.4 Å². The van der Waals surface area contributed by atoms with E-state index in [-0.39, 0.29) is 0 Å². The molecule has 0 bridgehead atoms. The van der Waals surface area contributed by atoms with Crippen molar-refractivity contribution in [3.05, 3.63) is 61.0 Å². The number of halogens is 3. The van der Waals surface area contributed by atoms with Gasteiger partial charge in [0.2, 0.25) is 0 Å². The zero-order valence-electron chi connectivity index (χ0n) is 10.7. The second-order valence-corrected chi connectivity index (χ2v) is 6.67. The molecule has 2 aromatic carbocycles. The predicted octanol–water partition coefficient (Wildman–Crippen LogP) is 6.09. The van der Waals surface area contributed by atoms with Crippen LogP contribution in [0, 0.1) is 13.8 Å². The average molecular weight is 404 g/mol. The van der Waals surface area contributed by atoms with E-state index < -0.39 is 0 Å². The van der Waals surface area contributed by atoms with Crippen LogP contribution in [0.5, 0.6) is 0 Å². The van der Waals surface area contributed by atoms with Crippen LogP contribution >= 0.6 is 43.5 Å². The van der Waals surface area contributed by atoms with Gasteiger partial charge < -0.3 is 5.32 Å². The van der Waals surface area contributed by atoms with E-state index in [1.165, 1.54) is 11.1 Å². The number of aryl methyl sites for hydroxylation is 2. The highest BCUT2D eigenvalue weighted by Crippen LogP contribution is 2.29. The summed E-state index contributed by atoms with van der Waals surface area (Å²) in [6, 6.07) is 10.1. The number of hydrogen-bond donors (Lipinski definition) is 1. The summed E-state index contributed by atoms with van der Waals surface area (Å²) in [6.07, 6.45) is 0. The molecule has 2 aromatic rings. The Balaban J connectivity index is 2.21. The third kappa shape index (κ3) is 3.74. The van der Waals surface area contributed by atoms with Crippen molar-refractivity contribution in [3.8, 4) is 0 Å². The fraction of sp³-hybridized carbons (Fsp3) is 0.200. The van der Waals surface area contributed by atoms with Crippen molar-refractivity contribution in [2.75, 3.05) is 5.32 Å². The maximum absolute atomic E-state index is 6.02. The molecule has 0 amide bonds. The highest BCUT2D eigenvalue weighted by Gasteiger charge is 2.06. The fourth-order valence-corrected chi connectivity index (χ4v) is 3.40. The summed E-state index contributed by atoms with van der Waals surface area (Å²) in [4.78, 5) is 0. The molecule has 1 N–H and O–H groups in total. The highest BCUT2D eigenvalue weighted by atomic mass is 79.9. The van der Waals surface area contributed by atoms with E-state index in [1.807, 2.05) is 18.2 Å². The largest absolute Gasteiger partial charge is 0.380 e. The Hall–Kier alpha value is -0.510. The molecule has 0 heterocycles. The van der Waals surface area contributed by atoms with Crippen molar-refractivity contribution < 1.29 is 0 Å². The van der Waals surface area contributed by atoms with Crippen LogP contribution in [0.15, 0.2) is 39.3 Å². The molecule has 0 radical (unpaired) electrons. The summed E-state index contributed by atoms with van der Waals surface area (Å²) in [5.74, 6) is 0. The summed E-state index contributed by atoms with van der Waals surface area (Å²) in [5, 5.41) is 4.21. The zero-order chi connectivity index (χ0) is 14.0. The lowest BCUT2D eigenvalue weighted by atomic mass is 10.1. The number of rotatable bonds is 3. The van der Waals surface area contributed by atoms with Crippen LogP contribution in [0.25, 0.3) is 0 Å². The minimum atomic E-state index is 0.726. The van der Waals surface area contributed by atoms with Crippen molar-refractivity contribution >= 4 is 49.1 Å². The first kappa shape index (κ1) is 14.9. The van der Waals surface area contributed by atoms with Gasteiger partial charge in [-0.2, -0.15) is 0 Å². The summed E-state index contributed by atoms with van der Waals surface area (Å²) in [7, 11) is 0. The molecule has 0 unspecified atom stereocenters. The van der Waals surface area contributed by atoms with E-state index in [0.29, 0.717) is 0 Å². The molecule has 0 aliphatic heterocycles. The summed E-state index contributed by atoms with van der Waals surface area (Å²) in [6.45, 7) is 4.92. The zero-order valence-corrected chi connectivity index (χ0v) is 14.7. The summed E-state index contributed by atoms with van der Waals surface area (Å²) < 4.78 is 2.15. The third-order valence-electron chi connectivity index (χ3n) is 2.90.